The number of hydrogen-bond donors (Lipinski definition) is 0. The molecule has 0 saturated carbocycles. The summed E-state index contributed by atoms with van der Waals surface area (Å²) >= 11 is 28.2. The number of halogens is 8. The maximum absolute atomic E-state index is 13.3. The summed E-state index contributed by atoms with van der Waals surface area (Å²) in [5.74, 6) is -0.195. The maximum atomic E-state index is 13.3. The molecule has 182 valence electrons. The zero-order chi connectivity index (χ0) is 24.3. The second-order valence-electron chi connectivity index (χ2n) is 7.01. The normalized spacial score (nSPS) is 15.0. The molecule has 4 unspecified atom stereocenters. The lowest BCUT2D eigenvalue weighted by Gasteiger charge is -2.28. The highest BCUT2D eigenvalue weighted by molar-refractivity contribution is 9.13. The Morgan fingerprint density at radius 1 is 0.625 bits per heavy atom. The van der Waals surface area contributed by atoms with Crippen LogP contribution in [0.15, 0.2) is 24.3 Å². The van der Waals surface area contributed by atoms with E-state index < -0.39 is 0 Å². The highest BCUT2D eigenvalue weighted by Crippen LogP contribution is 2.18. The van der Waals surface area contributed by atoms with Gasteiger partial charge in [0.15, 0.2) is 0 Å². The van der Waals surface area contributed by atoms with Gasteiger partial charge < -0.3 is 9.80 Å². The average molecular weight is 964 g/mol. The zero-order valence-electron chi connectivity index (χ0n) is 17.0. The third-order valence-electron chi connectivity index (χ3n) is 4.27. The van der Waals surface area contributed by atoms with E-state index in [9.17, 15) is 9.59 Å². The summed E-state index contributed by atoms with van der Waals surface area (Å²) in [6.45, 7) is 2.21. The van der Waals surface area contributed by atoms with Crippen molar-refractivity contribution in [3.63, 3.8) is 0 Å². The van der Waals surface area contributed by atoms with E-state index in [1.165, 1.54) is 0 Å². The molecule has 0 aliphatic heterocycles. The Morgan fingerprint density at radius 2 is 0.906 bits per heavy atom. The molecule has 0 radical (unpaired) electrons. The van der Waals surface area contributed by atoms with Crippen molar-refractivity contribution < 1.29 is 9.59 Å². The van der Waals surface area contributed by atoms with Gasteiger partial charge in [0.05, 0.1) is 0 Å². The first-order valence-electron chi connectivity index (χ1n) is 9.65. The van der Waals surface area contributed by atoms with E-state index in [4.69, 9.17) is 0 Å². The fourth-order valence-electron chi connectivity index (χ4n) is 2.78. The highest BCUT2D eigenvalue weighted by atomic mass is 79.9. The van der Waals surface area contributed by atoms with Gasteiger partial charge in [0.2, 0.25) is 0 Å². The lowest BCUT2D eigenvalue weighted by molar-refractivity contribution is 0.0760. The number of rotatable bonds is 14. The van der Waals surface area contributed by atoms with Crippen molar-refractivity contribution in [3.05, 3.63) is 35.4 Å². The fraction of sp³-hybridized carbons (Fsp3) is 0.600. The minimum Gasteiger partial charge on any atom is -0.336 e. The van der Waals surface area contributed by atoms with E-state index >= 15 is 0 Å². The molecule has 0 bridgehead atoms. The molecule has 0 heterocycles. The Labute approximate surface area is 257 Å². The summed E-state index contributed by atoms with van der Waals surface area (Å²) in [7, 11) is 0. The predicted molar refractivity (Wildman–Crippen MR) is 164 cm³/mol. The lowest BCUT2D eigenvalue weighted by atomic mass is 10.1. The van der Waals surface area contributed by atoms with Crippen LogP contribution in [0.1, 0.15) is 20.7 Å². The van der Waals surface area contributed by atoms with E-state index in [1.54, 1.807) is 34.1 Å². The Hall–Kier alpha value is 2.00. The Morgan fingerprint density at radius 3 is 1.16 bits per heavy atom. The van der Waals surface area contributed by atoms with Gasteiger partial charge in [-0.05, 0) is 18.2 Å². The van der Waals surface area contributed by atoms with Crippen LogP contribution in [-0.4, -0.2) is 88.4 Å². The van der Waals surface area contributed by atoms with Gasteiger partial charge in [0.25, 0.3) is 11.8 Å². The first-order valence-corrected chi connectivity index (χ1v) is 17.8. The molecular formula is C20H24Br8N2O2. The van der Waals surface area contributed by atoms with Gasteiger partial charge in [0.1, 0.15) is 0 Å². The highest BCUT2D eigenvalue weighted by Gasteiger charge is 2.24. The van der Waals surface area contributed by atoms with Crippen LogP contribution in [0.25, 0.3) is 0 Å². The quantitative estimate of drug-likeness (QED) is 0.185. The second-order valence-corrected chi connectivity index (χ2v) is 14.8. The molecule has 0 N–H and O–H groups in total. The monoisotopic (exact) mass is 956 g/mol. The summed E-state index contributed by atoms with van der Waals surface area (Å²) in [5, 5.41) is 2.92. The molecule has 1 aromatic rings. The fourth-order valence-corrected chi connectivity index (χ4v) is 5.00. The van der Waals surface area contributed by atoms with E-state index in [-0.39, 0.29) is 31.1 Å². The molecule has 0 saturated heterocycles. The summed E-state index contributed by atoms with van der Waals surface area (Å²) < 4.78 is 0. The van der Waals surface area contributed by atoms with Crippen LogP contribution in [-0.2, 0) is 0 Å². The molecule has 2 amide bonds. The SMILES string of the molecule is O=C(c1cccc(C(=O)N(CC(Br)CBr)CC(Br)CBr)c1)N(CC(Br)CBr)CC(Br)CBr. The number of nitrogens with zero attached hydrogens (tertiary/aromatic N) is 2. The number of carbonyl (C=O) groups is 2. The van der Waals surface area contributed by atoms with E-state index in [0.29, 0.717) is 37.3 Å². The standard InChI is InChI=1S/C20H24Br8N2O2/c21-5-15(25)9-29(10-16(26)6-22)19(31)13-2-1-3-14(4-13)20(32)30(11-17(27)7-23)12-18(28)8-24/h1-4,15-18H,5-12H2. The summed E-state index contributed by atoms with van der Waals surface area (Å²) in [6.07, 6.45) is 0. The molecule has 4 nitrogen and oxygen atoms in total. The van der Waals surface area contributed by atoms with Crippen LogP contribution >= 0.6 is 127 Å². The van der Waals surface area contributed by atoms with Gasteiger partial charge in [-0.3, -0.25) is 9.59 Å². The molecule has 0 aliphatic carbocycles. The molecule has 1 aromatic carbocycles. The van der Waals surface area contributed by atoms with Crippen molar-refractivity contribution in [2.75, 3.05) is 47.5 Å². The van der Waals surface area contributed by atoms with Crippen molar-refractivity contribution in [1.29, 1.82) is 0 Å². The molecule has 0 spiro atoms. The van der Waals surface area contributed by atoms with Gasteiger partial charge in [0, 0.05) is 77.9 Å². The smallest absolute Gasteiger partial charge is 0.253 e. The Bertz CT molecular complexity index is 647. The van der Waals surface area contributed by atoms with Crippen molar-refractivity contribution in [2.24, 2.45) is 0 Å². The van der Waals surface area contributed by atoms with Crippen molar-refractivity contribution in [3.8, 4) is 0 Å². The van der Waals surface area contributed by atoms with Gasteiger partial charge in [-0.2, -0.15) is 0 Å². The summed E-state index contributed by atoms with van der Waals surface area (Å²) in [5.41, 5.74) is 1.01. The van der Waals surface area contributed by atoms with Crippen molar-refractivity contribution in [1.82, 2.24) is 9.80 Å². The van der Waals surface area contributed by atoms with Gasteiger partial charge in [-0.1, -0.05) is 134 Å². The number of alkyl halides is 8. The van der Waals surface area contributed by atoms with Crippen LogP contribution in [0.2, 0.25) is 0 Å². The van der Waals surface area contributed by atoms with E-state index in [2.05, 4.69) is 127 Å². The molecule has 0 aromatic heterocycles. The van der Waals surface area contributed by atoms with Gasteiger partial charge >= 0.3 is 0 Å². The molecule has 32 heavy (non-hydrogen) atoms. The van der Waals surface area contributed by atoms with Gasteiger partial charge in [-0.25, -0.2) is 0 Å². The topological polar surface area (TPSA) is 40.6 Å². The Kier molecular flexibility index (Phi) is 17.5. The van der Waals surface area contributed by atoms with Crippen LogP contribution in [0.5, 0.6) is 0 Å². The first kappa shape index (κ1) is 32.0. The third kappa shape index (κ3) is 11.4. The number of carbonyl (C=O) groups excluding carboxylic acids is 2. The van der Waals surface area contributed by atoms with Crippen molar-refractivity contribution >= 4 is 139 Å². The second kappa shape index (κ2) is 17.5. The molecule has 1 rings (SSSR count). The van der Waals surface area contributed by atoms with Crippen LogP contribution < -0.4 is 0 Å². The maximum Gasteiger partial charge on any atom is 0.253 e. The summed E-state index contributed by atoms with van der Waals surface area (Å²) in [4.78, 5) is 30.8. The van der Waals surface area contributed by atoms with E-state index in [0.717, 1.165) is 21.3 Å². The predicted octanol–water partition coefficient (Wildman–Crippen LogP) is 7.20. The Balaban J connectivity index is 3.16. The minimum atomic E-state index is -0.0975. The number of hydrogen-bond acceptors (Lipinski definition) is 2. The van der Waals surface area contributed by atoms with Gasteiger partial charge in [-0.15, -0.1) is 0 Å². The molecule has 4 atom stereocenters. The van der Waals surface area contributed by atoms with E-state index in [1.807, 2.05) is 0 Å². The van der Waals surface area contributed by atoms with Crippen molar-refractivity contribution in [2.45, 2.75) is 19.3 Å². The molecule has 12 heteroatoms. The number of benzene rings is 1. The molecular weight excluding hydrogens is 939 g/mol. The van der Waals surface area contributed by atoms with Crippen LogP contribution in [0.4, 0.5) is 0 Å². The largest absolute Gasteiger partial charge is 0.336 e. The average Bonchev–Trinajstić information content (AvgIpc) is 2.81. The van der Waals surface area contributed by atoms with Crippen LogP contribution in [0.3, 0.4) is 0 Å². The lowest BCUT2D eigenvalue weighted by Crippen LogP contribution is -2.41. The molecule has 0 aliphatic rings. The number of amides is 2. The zero-order valence-corrected chi connectivity index (χ0v) is 29.7. The summed E-state index contributed by atoms with van der Waals surface area (Å²) in [6, 6.07) is 7.01. The molecule has 0 fully saturated rings. The third-order valence-corrected chi connectivity index (χ3v) is 13.3. The van der Waals surface area contributed by atoms with Crippen LogP contribution in [0, 0.1) is 0 Å². The minimum absolute atomic E-state index is 0.0975. The first-order chi connectivity index (χ1) is 15.2.